The van der Waals surface area contributed by atoms with Crippen molar-refractivity contribution in [2.24, 2.45) is 0 Å². The van der Waals surface area contributed by atoms with Crippen LogP contribution in [0.1, 0.15) is 10.4 Å². The van der Waals surface area contributed by atoms with Crippen LogP contribution in [0.15, 0.2) is 65.6 Å². The third-order valence-electron chi connectivity index (χ3n) is 4.15. The highest BCUT2D eigenvalue weighted by Gasteiger charge is 2.22. The highest BCUT2D eigenvalue weighted by atomic mass is 32.2. The van der Waals surface area contributed by atoms with E-state index in [1.165, 1.54) is 25.3 Å². The maximum absolute atomic E-state index is 12.9. The molecule has 8 nitrogen and oxygen atoms in total. The number of ether oxygens (including phenoxy) is 1. The largest absolute Gasteiger partial charge is 0.507 e. The molecule has 0 saturated carbocycles. The summed E-state index contributed by atoms with van der Waals surface area (Å²) in [6.45, 7) is 0. The number of carboxylic acid groups (broad SMARTS) is 1. The minimum atomic E-state index is -4.11. The number of nitrogen functional groups attached to an aromatic ring is 1. The fraction of sp³-hybridized carbons (Fsp3) is 0.0500. The Balaban J connectivity index is 2.02. The molecule has 5 N–H and O–H groups in total. The highest BCUT2D eigenvalue weighted by molar-refractivity contribution is 7.92. The third-order valence-corrected chi connectivity index (χ3v) is 5.56. The van der Waals surface area contributed by atoms with Crippen molar-refractivity contribution in [2.75, 3.05) is 17.6 Å². The van der Waals surface area contributed by atoms with Crippen molar-refractivity contribution in [1.29, 1.82) is 0 Å². The molecule has 0 heterocycles. The number of carboxylic acids is 1. The lowest BCUT2D eigenvalue weighted by atomic mass is 10.1. The van der Waals surface area contributed by atoms with Gasteiger partial charge in [0.15, 0.2) is 0 Å². The van der Waals surface area contributed by atoms with Gasteiger partial charge in [-0.25, -0.2) is 13.2 Å². The number of nitrogens with one attached hydrogen (secondary N) is 1. The number of carbonyl (C=O) groups is 1. The quantitative estimate of drug-likeness (QED) is 0.454. The van der Waals surface area contributed by atoms with Gasteiger partial charge in [-0.05, 0) is 47.5 Å². The Morgan fingerprint density at radius 3 is 2.38 bits per heavy atom. The number of nitrogens with two attached hydrogens (primary N) is 1. The molecule has 0 bridgehead atoms. The number of sulfonamides is 1. The first kappa shape index (κ1) is 20.0. The number of methoxy groups -OCH3 is 1. The van der Waals surface area contributed by atoms with E-state index in [1.807, 2.05) is 0 Å². The Morgan fingerprint density at radius 2 is 1.76 bits per heavy atom. The van der Waals surface area contributed by atoms with E-state index in [9.17, 15) is 18.3 Å². The normalized spacial score (nSPS) is 11.1. The molecule has 0 saturated heterocycles. The molecule has 3 rings (SSSR count). The third kappa shape index (κ3) is 4.25. The number of phenols is 1. The average molecular weight is 414 g/mol. The van der Waals surface area contributed by atoms with Gasteiger partial charge < -0.3 is 20.7 Å². The second-order valence-electron chi connectivity index (χ2n) is 6.13. The van der Waals surface area contributed by atoms with Gasteiger partial charge in [0.2, 0.25) is 0 Å². The molecule has 0 atom stereocenters. The van der Waals surface area contributed by atoms with Crippen molar-refractivity contribution in [3.05, 3.63) is 66.2 Å². The zero-order valence-electron chi connectivity index (χ0n) is 15.3. The van der Waals surface area contributed by atoms with E-state index < -0.39 is 21.7 Å². The van der Waals surface area contributed by atoms with Crippen LogP contribution in [-0.2, 0) is 10.0 Å². The number of rotatable bonds is 6. The van der Waals surface area contributed by atoms with Gasteiger partial charge in [-0.3, -0.25) is 4.72 Å². The van der Waals surface area contributed by atoms with Crippen LogP contribution in [0.5, 0.6) is 11.5 Å². The first-order valence-corrected chi connectivity index (χ1v) is 9.82. The van der Waals surface area contributed by atoms with E-state index >= 15 is 0 Å². The Morgan fingerprint density at radius 1 is 1.03 bits per heavy atom. The van der Waals surface area contributed by atoms with Gasteiger partial charge >= 0.3 is 5.97 Å². The number of benzene rings is 3. The van der Waals surface area contributed by atoms with Crippen LogP contribution in [0, 0.1) is 0 Å². The number of aromatic carboxylic acids is 1. The Kier molecular flexibility index (Phi) is 5.33. The molecule has 0 unspecified atom stereocenters. The van der Waals surface area contributed by atoms with E-state index in [0.717, 1.165) is 17.7 Å². The minimum absolute atomic E-state index is 0.00362. The maximum Gasteiger partial charge on any atom is 0.339 e. The molecule has 0 spiro atoms. The molecule has 150 valence electrons. The van der Waals surface area contributed by atoms with Gasteiger partial charge in [-0.2, -0.15) is 0 Å². The summed E-state index contributed by atoms with van der Waals surface area (Å²) in [6, 6.07) is 15.0. The molecular weight excluding hydrogens is 396 g/mol. The molecule has 0 fully saturated rings. The summed E-state index contributed by atoms with van der Waals surface area (Å²) in [5.41, 5.74) is 7.35. The van der Waals surface area contributed by atoms with Crippen LogP contribution in [0.2, 0.25) is 0 Å². The average Bonchev–Trinajstić information content (AvgIpc) is 2.67. The number of aromatic hydroxyl groups is 1. The lowest BCUT2D eigenvalue weighted by Gasteiger charge is -2.14. The summed E-state index contributed by atoms with van der Waals surface area (Å²) in [4.78, 5) is 10.9. The van der Waals surface area contributed by atoms with E-state index in [2.05, 4.69) is 4.72 Å². The lowest BCUT2D eigenvalue weighted by molar-refractivity contribution is 0.0694. The van der Waals surface area contributed by atoms with Gasteiger partial charge in [-0.1, -0.05) is 18.2 Å². The first-order chi connectivity index (χ1) is 13.7. The highest BCUT2D eigenvalue weighted by Crippen LogP contribution is 2.32. The Bertz CT molecular complexity index is 1190. The molecule has 0 aliphatic heterocycles. The Labute approximate surface area is 167 Å². The molecule has 0 radical (unpaired) electrons. The van der Waals surface area contributed by atoms with Crippen molar-refractivity contribution in [1.82, 2.24) is 0 Å². The van der Waals surface area contributed by atoms with Crippen molar-refractivity contribution in [3.8, 4) is 22.6 Å². The molecule has 0 aromatic heterocycles. The predicted octanol–water partition coefficient (Wildman–Crippen LogP) is 3.15. The molecule has 0 aliphatic rings. The topological polar surface area (TPSA) is 139 Å². The SMILES string of the molecule is COc1ccc(-c2cccc(N)c2)cc1S(=O)(=O)Nc1ccc(C(=O)O)c(O)c1. The molecule has 3 aromatic rings. The van der Waals surface area contributed by atoms with E-state index in [4.69, 9.17) is 15.6 Å². The monoisotopic (exact) mass is 414 g/mol. The fourth-order valence-corrected chi connectivity index (χ4v) is 4.02. The van der Waals surface area contributed by atoms with Gasteiger partial charge in [0.05, 0.1) is 12.8 Å². The smallest absolute Gasteiger partial charge is 0.339 e. The molecule has 29 heavy (non-hydrogen) atoms. The standard InChI is InChI=1S/C20H18N2O6S/c1-28-18-8-5-13(12-3-2-4-14(21)9-12)10-19(18)29(26,27)22-15-6-7-16(20(24)25)17(23)11-15/h2-11,22-23H,21H2,1H3,(H,24,25). The number of hydrogen-bond donors (Lipinski definition) is 4. The fourth-order valence-electron chi connectivity index (χ4n) is 2.77. The first-order valence-electron chi connectivity index (χ1n) is 8.34. The molecule has 0 amide bonds. The second kappa shape index (κ2) is 7.72. The summed E-state index contributed by atoms with van der Waals surface area (Å²) in [5, 5.41) is 18.8. The summed E-state index contributed by atoms with van der Waals surface area (Å²) in [6.07, 6.45) is 0. The number of anilines is 2. The predicted molar refractivity (Wildman–Crippen MR) is 109 cm³/mol. The summed E-state index contributed by atoms with van der Waals surface area (Å²) in [7, 11) is -2.76. The van der Waals surface area contributed by atoms with Gasteiger partial charge in [0.1, 0.15) is 22.0 Å². The van der Waals surface area contributed by atoms with Crippen molar-refractivity contribution < 1.29 is 28.2 Å². The summed E-state index contributed by atoms with van der Waals surface area (Å²) in [5.74, 6) is -1.76. The minimum Gasteiger partial charge on any atom is -0.507 e. The molecular formula is C20H18N2O6S. The van der Waals surface area contributed by atoms with Crippen molar-refractivity contribution in [2.45, 2.75) is 4.90 Å². The van der Waals surface area contributed by atoms with Crippen LogP contribution in [0.25, 0.3) is 11.1 Å². The lowest BCUT2D eigenvalue weighted by Crippen LogP contribution is -2.14. The van der Waals surface area contributed by atoms with Crippen molar-refractivity contribution >= 4 is 27.4 Å². The Hall–Kier alpha value is -3.72. The van der Waals surface area contributed by atoms with E-state index in [1.54, 1.807) is 30.3 Å². The zero-order valence-corrected chi connectivity index (χ0v) is 16.1. The van der Waals surface area contributed by atoms with Crippen molar-refractivity contribution in [3.63, 3.8) is 0 Å². The van der Waals surface area contributed by atoms with Crippen LogP contribution in [0.4, 0.5) is 11.4 Å². The van der Waals surface area contributed by atoms with Crippen LogP contribution in [0.3, 0.4) is 0 Å². The van der Waals surface area contributed by atoms with Gasteiger partial charge in [0, 0.05) is 11.8 Å². The van der Waals surface area contributed by atoms with Gasteiger partial charge in [0.25, 0.3) is 10.0 Å². The van der Waals surface area contributed by atoms with Crippen LogP contribution < -0.4 is 15.2 Å². The molecule has 3 aromatic carbocycles. The second-order valence-corrected chi connectivity index (χ2v) is 7.78. The molecule has 0 aliphatic carbocycles. The molecule has 9 heteroatoms. The number of hydrogen-bond acceptors (Lipinski definition) is 6. The van der Waals surface area contributed by atoms with Gasteiger partial charge in [-0.15, -0.1) is 0 Å². The van der Waals surface area contributed by atoms with E-state index in [-0.39, 0.29) is 21.9 Å². The summed E-state index contributed by atoms with van der Waals surface area (Å²) >= 11 is 0. The summed E-state index contributed by atoms with van der Waals surface area (Å²) < 4.78 is 33.4. The maximum atomic E-state index is 12.9. The zero-order chi connectivity index (χ0) is 21.2. The van der Waals surface area contributed by atoms with Crippen LogP contribution in [-0.4, -0.2) is 31.7 Å². The van der Waals surface area contributed by atoms with Crippen LogP contribution >= 0.6 is 0 Å². The van der Waals surface area contributed by atoms with E-state index in [0.29, 0.717) is 11.3 Å².